The molecule has 1 atom stereocenters. The SMILES string of the molecule is C#CC1CC(=O)N(Cc2csc3ccccc23)C1. The van der Waals surface area contributed by atoms with Crippen LogP contribution in [0.3, 0.4) is 0 Å². The Hall–Kier alpha value is -1.79. The summed E-state index contributed by atoms with van der Waals surface area (Å²) in [7, 11) is 0. The molecule has 1 aliphatic rings. The molecule has 1 aromatic carbocycles. The zero-order chi connectivity index (χ0) is 12.5. The second kappa shape index (κ2) is 4.47. The number of terminal acetylenes is 1. The van der Waals surface area contributed by atoms with Crippen LogP contribution in [0.25, 0.3) is 10.1 Å². The molecule has 1 aliphatic heterocycles. The van der Waals surface area contributed by atoms with Crippen molar-refractivity contribution in [3.8, 4) is 12.3 Å². The summed E-state index contributed by atoms with van der Waals surface area (Å²) in [5, 5.41) is 3.39. The van der Waals surface area contributed by atoms with Gasteiger partial charge in [-0.05, 0) is 22.4 Å². The van der Waals surface area contributed by atoms with Crippen molar-refractivity contribution in [1.29, 1.82) is 0 Å². The van der Waals surface area contributed by atoms with E-state index in [9.17, 15) is 4.79 Å². The Kier molecular flexibility index (Phi) is 2.81. The van der Waals surface area contributed by atoms with E-state index in [1.165, 1.54) is 15.6 Å². The zero-order valence-electron chi connectivity index (χ0n) is 9.93. The first kappa shape index (κ1) is 11.3. The Labute approximate surface area is 110 Å². The fourth-order valence-corrected chi connectivity index (χ4v) is 3.35. The Morgan fingerprint density at radius 1 is 1.44 bits per heavy atom. The van der Waals surface area contributed by atoms with E-state index in [0.717, 1.165) is 0 Å². The maximum atomic E-state index is 11.8. The second-order valence-electron chi connectivity index (χ2n) is 4.60. The van der Waals surface area contributed by atoms with Gasteiger partial charge in [0.1, 0.15) is 0 Å². The monoisotopic (exact) mass is 255 g/mol. The third-order valence-corrected chi connectivity index (χ3v) is 4.38. The quantitative estimate of drug-likeness (QED) is 0.756. The maximum absolute atomic E-state index is 11.8. The fourth-order valence-electron chi connectivity index (χ4n) is 2.40. The molecule has 3 heteroatoms. The van der Waals surface area contributed by atoms with E-state index in [0.29, 0.717) is 19.5 Å². The number of hydrogen-bond donors (Lipinski definition) is 0. The molecule has 1 aromatic heterocycles. The van der Waals surface area contributed by atoms with Crippen molar-refractivity contribution < 1.29 is 4.79 Å². The van der Waals surface area contributed by atoms with Crippen LogP contribution < -0.4 is 0 Å². The molecule has 0 radical (unpaired) electrons. The lowest BCUT2D eigenvalue weighted by Crippen LogP contribution is -2.24. The van der Waals surface area contributed by atoms with Crippen LogP contribution in [0.4, 0.5) is 0 Å². The van der Waals surface area contributed by atoms with Crippen LogP contribution in [0.15, 0.2) is 29.6 Å². The highest BCUT2D eigenvalue weighted by molar-refractivity contribution is 7.17. The van der Waals surface area contributed by atoms with Crippen molar-refractivity contribution in [2.75, 3.05) is 6.54 Å². The minimum Gasteiger partial charge on any atom is -0.337 e. The predicted octanol–water partition coefficient (Wildman–Crippen LogP) is 2.88. The van der Waals surface area contributed by atoms with Crippen molar-refractivity contribution in [3.63, 3.8) is 0 Å². The predicted molar refractivity (Wildman–Crippen MR) is 74.2 cm³/mol. The van der Waals surface area contributed by atoms with Crippen molar-refractivity contribution in [2.24, 2.45) is 5.92 Å². The van der Waals surface area contributed by atoms with E-state index in [-0.39, 0.29) is 11.8 Å². The maximum Gasteiger partial charge on any atom is 0.224 e. The van der Waals surface area contributed by atoms with Gasteiger partial charge in [-0.25, -0.2) is 0 Å². The summed E-state index contributed by atoms with van der Waals surface area (Å²) >= 11 is 1.73. The average Bonchev–Trinajstić information content (AvgIpc) is 2.95. The molecule has 2 heterocycles. The lowest BCUT2D eigenvalue weighted by molar-refractivity contribution is -0.128. The van der Waals surface area contributed by atoms with Gasteiger partial charge in [0.2, 0.25) is 5.91 Å². The number of thiophene rings is 1. The number of rotatable bonds is 2. The first-order valence-corrected chi connectivity index (χ1v) is 6.85. The minimum atomic E-state index is 0.0856. The van der Waals surface area contributed by atoms with Gasteiger partial charge in [-0.3, -0.25) is 4.79 Å². The van der Waals surface area contributed by atoms with Crippen LogP contribution in [0.1, 0.15) is 12.0 Å². The third-order valence-electron chi connectivity index (χ3n) is 3.37. The molecule has 1 unspecified atom stereocenters. The molecule has 18 heavy (non-hydrogen) atoms. The molecule has 0 N–H and O–H groups in total. The Bertz CT molecular complexity index is 637. The van der Waals surface area contributed by atoms with Gasteiger partial charge in [0, 0.05) is 30.1 Å². The van der Waals surface area contributed by atoms with Gasteiger partial charge in [-0.1, -0.05) is 18.2 Å². The summed E-state index contributed by atoms with van der Waals surface area (Å²) in [6.45, 7) is 1.38. The van der Waals surface area contributed by atoms with Crippen molar-refractivity contribution in [2.45, 2.75) is 13.0 Å². The van der Waals surface area contributed by atoms with Gasteiger partial charge in [0.15, 0.2) is 0 Å². The number of fused-ring (bicyclic) bond motifs is 1. The molecule has 1 amide bonds. The Morgan fingerprint density at radius 2 is 2.28 bits per heavy atom. The largest absolute Gasteiger partial charge is 0.337 e. The molecule has 0 bridgehead atoms. The molecular formula is C15H13NOS. The Morgan fingerprint density at radius 3 is 3.06 bits per heavy atom. The second-order valence-corrected chi connectivity index (χ2v) is 5.51. The van der Waals surface area contributed by atoms with Crippen molar-refractivity contribution in [1.82, 2.24) is 4.90 Å². The summed E-state index contributed by atoms with van der Waals surface area (Å²) in [4.78, 5) is 13.7. The van der Waals surface area contributed by atoms with E-state index < -0.39 is 0 Å². The highest BCUT2D eigenvalue weighted by Gasteiger charge is 2.28. The van der Waals surface area contributed by atoms with Crippen LogP contribution in [0.2, 0.25) is 0 Å². The molecule has 0 aliphatic carbocycles. The molecular weight excluding hydrogens is 242 g/mol. The summed E-state index contributed by atoms with van der Waals surface area (Å²) in [5.41, 5.74) is 1.22. The van der Waals surface area contributed by atoms with Crippen LogP contribution in [-0.4, -0.2) is 17.4 Å². The number of carbonyl (C=O) groups excluding carboxylic acids is 1. The standard InChI is InChI=1S/C15H13NOS/c1-2-11-7-15(17)16(8-11)9-12-10-18-14-6-4-3-5-13(12)14/h1,3-6,10-11H,7-9H2. The first-order chi connectivity index (χ1) is 8.78. The lowest BCUT2D eigenvalue weighted by Gasteiger charge is -2.15. The molecule has 0 spiro atoms. The molecule has 1 fully saturated rings. The van der Waals surface area contributed by atoms with Crippen molar-refractivity contribution >= 4 is 27.3 Å². The third kappa shape index (κ3) is 1.89. The van der Waals surface area contributed by atoms with E-state index in [1.54, 1.807) is 11.3 Å². The normalized spacial score (nSPS) is 19.4. The molecule has 90 valence electrons. The lowest BCUT2D eigenvalue weighted by atomic mass is 10.1. The molecule has 3 rings (SSSR count). The topological polar surface area (TPSA) is 20.3 Å². The highest BCUT2D eigenvalue weighted by Crippen LogP contribution is 2.28. The van der Waals surface area contributed by atoms with Crippen LogP contribution >= 0.6 is 11.3 Å². The molecule has 1 saturated heterocycles. The summed E-state index contributed by atoms with van der Waals surface area (Å²) in [6.07, 6.45) is 5.89. The minimum absolute atomic E-state index is 0.0856. The average molecular weight is 255 g/mol. The number of benzene rings is 1. The van der Waals surface area contributed by atoms with E-state index in [4.69, 9.17) is 6.42 Å². The summed E-state index contributed by atoms with van der Waals surface area (Å²) in [6, 6.07) is 8.30. The van der Waals surface area contributed by atoms with Gasteiger partial charge in [-0.2, -0.15) is 0 Å². The molecule has 2 nitrogen and oxygen atoms in total. The summed E-state index contributed by atoms with van der Waals surface area (Å²) < 4.78 is 1.27. The van der Waals surface area contributed by atoms with Gasteiger partial charge >= 0.3 is 0 Å². The molecule has 2 aromatic rings. The van der Waals surface area contributed by atoms with Gasteiger partial charge in [-0.15, -0.1) is 23.7 Å². The fraction of sp³-hybridized carbons (Fsp3) is 0.267. The molecule has 0 saturated carbocycles. The van der Waals surface area contributed by atoms with Crippen LogP contribution in [0.5, 0.6) is 0 Å². The number of likely N-dealkylation sites (tertiary alicyclic amines) is 1. The van der Waals surface area contributed by atoms with E-state index in [2.05, 4.69) is 23.4 Å². The van der Waals surface area contributed by atoms with Crippen LogP contribution in [-0.2, 0) is 11.3 Å². The smallest absolute Gasteiger partial charge is 0.224 e. The first-order valence-electron chi connectivity index (χ1n) is 5.97. The zero-order valence-corrected chi connectivity index (χ0v) is 10.7. The van der Waals surface area contributed by atoms with Gasteiger partial charge in [0.05, 0.1) is 0 Å². The van der Waals surface area contributed by atoms with Crippen molar-refractivity contribution in [3.05, 3.63) is 35.2 Å². The number of nitrogens with zero attached hydrogens (tertiary/aromatic N) is 1. The van der Waals surface area contributed by atoms with Crippen LogP contribution in [0, 0.1) is 18.3 Å². The van der Waals surface area contributed by atoms with Gasteiger partial charge in [0.25, 0.3) is 0 Å². The summed E-state index contributed by atoms with van der Waals surface area (Å²) in [5.74, 6) is 2.94. The number of amides is 1. The number of carbonyl (C=O) groups is 1. The van der Waals surface area contributed by atoms with E-state index in [1.807, 2.05) is 17.0 Å². The highest BCUT2D eigenvalue weighted by atomic mass is 32.1. The van der Waals surface area contributed by atoms with Gasteiger partial charge < -0.3 is 4.90 Å². The van der Waals surface area contributed by atoms with E-state index >= 15 is 0 Å². The Balaban J connectivity index is 1.85. The number of hydrogen-bond acceptors (Lipinski definition) is 2.